The van der Waals surface area contributed by atoms with Crippen molar-refractivity contribution in [3.8, 4) is 17.1 Å². The standard InChI is InChI=1S/C25H23ClN8O2/c1-3-16(30-22-20(21(27)28-13-29-22)24-32-18(4-2)33-36-24)23-31-17-12-8-11-15(26)19(17)25(35)34(23)14-9-6-5-7-10-14/h5-13,16H,3-4H2,1-2H3,(H3,27,28,29,30)/t16-/m0/s1. The van der Waals surface area contributed by atoms with Gasteiger partial charge in [0.15, 0.2) is 5.82 Å². The molecule has 3 N–H and O–H groups in total. The van der Waals surface area contributed by atoms with Crippen molar-refractivity contribution < 1.29 is 4.52 Å². The number of nitrogens with two attached hydrogens (primary N) is 1. The molecule has 0 saturated carbocycles. The maximum atomic E-state index is 13.8. The van der Waals surface area contributed by atoms with Gasteiger partial charge in [0.2, 0.25) is 0 Å². The SMILES string of the molecule is CCc1noc(-c2c(N)ncnc2N[C@@H](CC)c2nc3cccc(Cl)c3c(=O)n2-c2ccccc2)n1. The molecule has 0 bridgehead atoms. The van der Waals surface area contributed by atoms with E-state index in [4.69, 9.17) is 26.8 Å². The number of hydrogen-bond acceptors (Lipinski definition) is 9. The first-order chi connectivity index (χ1) is 17.5. The van der Waals surface area contributed by atoms with Crippen LogP contribution in [0.15, 0.2) is 64.2 Å². The fourth-order valence-electron chi connectivity index (χ4n) is 4.00. The Kier molecular flexibility index (Phi) is 6.34. The molecular formula is C25H23ClN8O2. The summed E-state index contributed by atoms with van der Waals surface area (Å²) in [4.78, 5) is 31.5. The van der Waals surface area contributed by atoms with Crippen LogP contribution in [0.4, 0.5) is 11.6 Å². The number of hydrogen-bond donors (Lipinski definition) is 2. The summed E-state index contributed by atoms with van der Waals surface area (Å²) in [5.41, 5.74) is 7.48. The maximum Gasteiger partial charge on any atom is 0.267 e. The number of anilines is 2. The van der Waals surface area contributed by atoms with Gasteiger partial charge in [-0.25, -0.2) is 15.0 Å². The average molecular weight is 503 g/mol. The zero-order chi connectivity index (χ0) is 25.2. The third kappa shape index (κ3) is 4.16. The smallest absolute Gasteiger partial charge is 0.267 e. The molecule has 1 atom stereocenters. The Bertz CT molecular complexity index is 1600. The first kappa shape index (κ1) is 23.4. The van der Waals surface area contributed by atoms with E-state index >= 15 is 0 Å². The topological polar surface area (TPSA) is 138 Å². The fraction of sp³-hybridized carbons (Fsp3) is 0.200. The number of aryl methyl sites for hydroxylation is 1. The molecule has 3 aromatic heterocycles. The number of nitrogen functional groups attached to an aromatic ring is 1. The molecule has 0 fully saturated rings. The van der Waals surface area contributed by atoms with Crippen LogP contribution in [0.2, 0.25) is 5.02 Å². The van der Waals surface area contributed by atoms with Crippen LogP contribution in [0.5, 0.6) is 0 Å². The highest BCUT2D eigenvalue weighted by Gasteiger charge is 2.25. The normalized spacial score (nSPS) is 12.1. The number of aromatic nitrogens is 6. The molecule has 0 saturated heterocycles. The van der Waals surface area contributed by atoms with Gasteiger partial charge in [0.05, 0.1) is 27.7 Å². The predicted molar refractivity (Wildman–Crippen MR) is 138 cm³/mol. The molecule has 5 rings (SSSR count). The van der Waals surface area contributed by atoms with Crippen LogP contribution in [0.1, 0.15) is 38.0 Å². The summed E-state index contributed by atoms with van der Waals surface area (Å²) in [5, 5.41) is 8.04. The minimum absolute atomic E-state index is 0.187. The van der Waals surface area contributed by atoms with Gasteiger partial charge in [-0.15, -0.1) is 0 Å². The maximum absolute atomic E-state index is 13.8. The van der Waals surface area contributed by atoms with E-state index in [1.165, 1.54) is 6.33 Å². The Labute approximate surface area is 211 Å². The third-order valence-corrected chi connectivity index (χ3v) is 6.11. The molecule has 0 spiro atoms. The van der Waals surface area contributed by atoms with E-state index in [0.717, 1.165) is 0 Å². The number of para-hydroxylation sites is 1. The highest BCUT2D eigenvalue weighted by Crippen LogP contribution is 2.33. The van der Waals surface area contributed by atoms with E-state index in [-0.39, 0.29) is 17.3 Å². The number of rotatable bonds is 7. The molecule has 0 aliphatic heterocycles. The van der Waals surface area contributed by atoms with Crippen molar-refractivity contribution in [2.75, 3.05) is 11.1 Å². The highest BCUT2D eigenvalue weighted by molar-refractivity contribution is 6.35. The van der Waals surface area contributed by atoms with E-state index in [2.05, 4.69) is 25.4 Å². The lowest BCUT2D eigenvalue weighted by molar-refractivity contribution is 0.423. The molecule has 11 heteroatoms. The molecule has 182 valence electrons. The van der Waals surface area contributed by atoms with Crippen molar-refractivity contribution in [3.63, 3.8) is 0 Å². The first-order valence-electron chi connectivity index (χ1n) is 11.5. The van der Waals surface area contributed by atoms with Gasteiger partial charge in [0.25, 0.3) is 11.4 Å². The summed E-state index contributed by atoms with van der Waals surface area (Å²) < 4.78 is 6.99. The number of nitrogens with one attached hydrogen (secondary N) is 1. The van der Waals surface area contributed by atoms with Crippen LogP contribution >= 0.6 is 11.6 Å². The number of halogens is 1. The van der Waals surface area contributed by atoms with Crippen molar-refractivity contribution in [2.24, 2.45) is 0 Å². The van der Waals surface area contributed by atoms with Gasteiger partial charge in [-0.05, 0) is 30.7 Å². The second-order valence-corrected chi connectivity index (χ2v) is 8.44. The summed E-state index contributed by atoms with van der Waals surface area (Å²) in [7, 11) is 0. The Morgan fingerprint density at radius 1 is 1.08 bits per heavy atom. The van der Waals surface area contributed by atoms with Crippen LogP contribution in [-0.2, 0) is 6.42 Å². The van der Waals surface area contributed by atoms with Gasteiger partial charge in [-0.1, -0.05) is 54.9 Å². The van der Waals surface area contributed by atoms with Crippen LogP contribution < -0.4 is 16.6 Å². The van der Waals surface area contributed by atoms with Crippen molar-refractivity contribution in [3.05, 3.63) is 81.9 Å². The van der Waals surface area contributed by atoms with Gasteiger partial charge < -0.3 is 15.6 Å². The van der Waals surface area contributed by atoms with Gasteiger partial charge in [-0.2, -0.15) is 4.98 Å². The summed E-state index contributed by atoms with van der Waals surface area (Å²) in [6, 6.07) is 14.1. The Balaban J connectivity index is 1.69. The van der Waals surface area contributed by atoms with Gasteiger partial charge in [-0.3, -0.25) is 9.36 Å². The largest absolute Gasteiger partial charge is 0.383 e. The van der Waals surface area contributed by atoms with Crippen LogP contribution in [0.3, 0.4) is 0 Å². The fourth-order valence-corrected chi connectivity index (χ4v) is 4.25. The first-order valence-corrected chi connectivity index (χ1v) is 11.9. The molecule has 0 unspecified atom stereocenters. The Hall–Kier alpha value is -4.31. The van der Waals surface area contributed by atoms with Crippen LogP contribution in [0.25, 0.3) is 28.0 Å². The Morgan fingerprint density at radius 3 is 2.61 bits per heavy atom. The van der Waals surface area contributed by atoms with Gasteiger partial charge >= 0.3 is 0 Å². The lowest BCUT2D eigenvalue weighted by atomic mass is 10.1. The number of fused-ring (bicyclic) bond motifs is 1. The number of benzene rings is 2. The number of nitrogens with zero attached hydrogens (tertiary/aromatic N) is 6. The summed E-state index contributed by atoms with van der Waals surface area (Å²) in [5.74, 6) is 1.82. The molecule has 0 amide bonds. The zero-order valence-electron chi connectivity index (χ0n) is 19.6. The summed E-state index contributed by atoms with van der Waals surface area (Å²) in [6.45, 7) is 3.90. The molecule has 0 aliphatic carbocycles. The molecular weight excluding hydrogens is 480 g/mol. The van der Waals surface area contributed by atoms with Crippen molar-refractivity contribution >= 4 is 34.1 Å². The van der Waals surface area contributed by atoms with Crippen molar-refractivity contribution in [2.45, 2.75) is 32.7 Å². The van der Waals surface area contributed by atoms with Crippen molar-refractivity contribution in [1.82, 2.24) is 29.7 Å². The molecule has 36 heavy (non-hydrogen) atoms. The zero-order valence-corrected chi connectivity index (χ0v) is 20.4. The van der Waals surface area contributed by atoms with E-state index < -0.39 is 6.04 Å². The van der Waals surface area contributed by atoms with E-state index in [9.17, 15) is 4.79 Å². The second kappa shape index (κ2) is 9.74. The lowest BCUT2D eigenvalue weighted by Crippen LogP contribution is -2.28. The quantitative estimate of drug-likeness (QED) is 0.327. The lowest BCUT2D eigenvalue weighted by Gasteiger charge is -2.23. The van der Waals surface area contributed by atoms with E-state index in [0.29, 0.717) is 57.5 Å². The minimum Gasteiger partial charge on any atom is -0.383 e. The average Bonchev–Trinajstić information content (AvgIpc) is 3.36. The summed E-state index contributed by atoms with van der Waals surface area (Å²) >= 11 is 6.41. The monoisotopic (exact) mass is 502 g/mol. The molecule has 0 radical (unpaired) electrons. The predicted octanol–water partition coefficient (Wildman–Crippen LogP) is 4.59. The Morgan fingerprint density at radius 2 is 1.89 bits per heavy atom. The molecule has 2 aromatic carbocycles. The minimum atomic E-state index is -0.442. The van der Waals surface area contributed by atoms with Gasteiger partial charge in [0, 0.05) is 6.42 Å². The molecule has 5 aromatic rings. The van der Waals surface area contributed by atoms with Crippen LogP contribution in [-0.4, -0.2) is 29.7 Å². The third-order valence-electron chi connectivity index (χ3n) is 5.79. The van der Waals surface area contributed by atoms with Crippen LogP contribution in [0, 0.1) is 0 Å². The van der Waals surface area contributed by atoms with E-state index in [1.807, 2.05) is 44.2 Å². The van der Waals surface area contributed by atoms with Crippen molar-refractivity contribution in [1.29, 1.82) is 0 Å². The summed E-state index contributed by atoms with van der Waals surface area (Å²) in [6.07, 6.45) is 2.52. The van der Waals surface area contributed by atoms with Gasteiger partial charge in [0.1, 0.15) is 29.4 Å². The molecule has 10 nitrogen and oxygen atoms in total. The molecule has 0 aliphatic rings. The molecule has 3 heterocycles. The highest BCUT2D eigenvalue weighted by atomic mass is 35.5. The second-order valence-electron chi connectivity index (χ2n) is 8.04. The van der Waals surface area contributed by atoms with E-state index in [1.54, 1.807) is 22.8 Å².